The minimum Gasteiger partial charge on any atom is -0.350 e. The monoisotopic (exact) mass is 264 g/mol. The summed E-state index contributed by atoms with van der Waals surface area (Å²) < 4.78 is 13.1. The maximum atomic E-state index is 11.3. The fourth-order valence-electron chi connectivity index (χ4n) is 2.17. The highest BCUT2D eigenvalue weighted by molar-refractivity contribution is 7.85. The van der Waals surface area contributed by atoms with Crippen LogP contribution in [0.4, 0.5) is 5.95 Å². The largest absolute Gasteiger partial charge is 0.350 e. The third-order valence-corrected chi connectivity index (χ3v) is 4.60. The molecule has 1 saturated heterocycles. The molecule has 1 N–H and O–H groups in total. The average Bonchev–Trinajstić information content (AvgIpc) is 2.73. The molecule has 3 heterocycles. The third kappa shape index (κ3) is 2.38. The number of fused-ring (bicyclic) bond motifs is 1. The summed E-state index contributed by atoms with van der Waals surface area (Å²) >= 11 is 0. The fraction of sp³-hybridized carbons (Fsp3) is 0.500. The van der Waals surface area contributed by atoms with Crippen molar-refractivity contribution in [3.05, 3.63) is 23.9 Å². The highest BCUT2D eigenvalue weighted by Crippen LogP contribution is 2.15. The van der Waals surface area contributed by atoms with Gasteiger partial charge in [-0.1, -0.05) is 0 Å². The number of rotatable bonds is 2. The lowest BCUT2D eigenvalue weighted by Crippen LogP contribution is -2.29. The second-order valence-electron chi connectivity index (χ2n) is 4.71. The van der Waals surface area contributed by atoms with Crippen molar-refractivity contribution < 1.29 is 4.21 Å². The number of nitrogens with zero attached hydrogens (tertiary/aromatic N) is 3. The minimum absolute atomic E-state index is 0.348. The highest BCUT2D eigenvalue weighted by atomic mass is 32.2. The molecule has 96 valence electrons. The Morgan fingerprint density at radius 2 is 2.22 bits per heavy atom. The average molecular weight is 264 g/mol. The highest BCUT2D eigenvalue weighted by Gasteiger charge is 2.18. The predicted molar refractivity (Wildman–Crippen MR) is 72.2 cm³/mol. The Bertz CT molecular complexity index is 585. The zero-order valence-electron chi connectivity index (χ0n) is 10.3. The van der Waals surface area contributed by atoms with Gasteiger partial charge in [0.15, 0.2) is 5.65 Å². The fourth-order valence-corrected chi connectivity index (χ4v) is 3.46. The molecule has 0 atom stereocenters. The van der Waals surface area contributed by atoms with Crippen LogP contribution in [-0.2, 0) is 10.8 Å². The minimum atomic E-state index is -0.623. The first kappa shape index (κ1) is 11.6. The summed E-state index contributed by atoms with van der Waals surface area (Å²) in [5.41, 5.74) is 2.03. The second-order valence-corrected chi connectivity index (χ2v) is 6.41. The van der Waals surface area contributed by atoms with Gasteiger partial charge in [-0.15, -0.1) is 5.10 Å². The van der Waals surface area contributed by atoms with Gasteiger partial charge in [-0.2, -0.15) is 4.98 Å². The lowest BCUT2D eigenvalue weighted by molar-refractivity contribution is 0.620. The number of hydrogen-bond acceptors (Lipinski definition) is 4. The first-order valence-electron chi connectivity index (χ1n) is 6.15. The number of aryl methyl sites for hydroxylation is 1. The summed E-state index contributed by atoms with van der Waals surface area (Å²) in [5.74, 6) is 2.23. The van der Waals surface area contributed by atoms with Crippen molar-refractivity contribution in [1.82, 2.24) is 14.6 Å². The maximum absolute atomic E-state index is 11.3. The number of hydrogen-bond donors (Lipinski definition) is 1. The van der Waals surface area contributed by atoms with E-state index in [-0.39, 0.29) is 0 Å². The van der Waals surface area contributed by atoms with E-state index in [0.29, 0.717) is 12.0 Å². The summed E-state index contributed by atoms with van der Waals surface area (Å²) in [6, 6.07) is 4.37. The molecule has 3 rings (SSSR count). The van der Waals surface area contributed by atoms with Crippen molar-refractivity contribution in [2.45, 2.75) is 25.8 Å². The van der Waals surface area contributed by atoms with Crippen molar-refractivity contribution in [3.63, 3.8) is 0 Å². The quantitative estimate of drug-likeness (QED) is 0.890. The van der Waals surface area contributed by atoms with Gasteiger partial charge in [-0.25, -0.2) is 4.52 Å². The van der Waals surface area contributed by atoms with Crippen molar-refractivity contribution in [1.29, 1.82) is 0 Å². The van der Waals surface area contributed by atoms with Gasteiger partial charge in [0.25, 0.3) is 0 Å². The first-order valence-corrected chi connectivity index (χ1v) is 7.64. The molecule has 0 amide bonds. The van der Waals surface area contributed by atoms with E-state index in [2.05, 4.69) is 15.4 Å². The molecule has 2 aromatic rings. The van der Waals surface area contributed by atoms with Crippen molar-refractivity contribution >= 4 is 22.4 Å². The summed E-state index contributed by atoms with van der Waals surface area (Å²) in [7, 11) is -0.623. The molecule has 0 aliphatic carbocycles. The number of pyridine rings is 1. The molecule has 1 aliphatic rings. The van der Waals surface area contributed by atoms with E-state index in [0.717, 1.165) is 30.0 Å². The first-order chi connectivity index (χ1) is 8.70. The summed E-state index contributed by atoms with van der Waals surface area (Å²) in [4.78, 5) is 4.45. The van der Waals surface area contributed by atoms with Gasteiger partial charge >= 0.3 is 0 Å². The zero-order valence-corrected chi connectivity index (χ0v) is 11.1. The van der Waals surface area contributed by atoms with Gasteiger partial charge in [-0.3, -0.25) is 4.21 Å². The second kappa shape index (κ2) is 4.68. The molecule has 2 aromatic heterocycles. The van der Waals surface area contributed by atoms with E-state index in [1.807, 2.05) is 25.3 Å². The molecule has 0 unspecified atom stereocenters. The van der Waals surface area contributed by atoms with Crippen LogP contribution in [0.5, 0.6) is 0 Å². The molecular weight excluding hydrogens is 248 g/mol. The topological polar surface area (TPSA) is 59.3 Å². The molecule has 6 heteroatoms. The van der Waals surface area contributed by atoms with Crippen molar-refractivity contribution in [3.8, 4) is 0 Å². The normalized spacial score (nSPS) is 24.3. The van der Waals surface area contributed by atoms with Crippen LogP contribution in [0.1, 0.15) is 18.4 Å². The Morgan fingerprint density at radius 1 is 1.44 bits per heavy atom. The van der Waals surface area contributed by atoms with E-state index in [9.17, 15) is 4.21 Å². The Balaban J connectivity index is 1.76. The Labute approximate surface area is 108 Å². The van der Waals surface area contributed by atoms with E-state index < -0.39 is 10.8 Å². The standard InChI is InChI=1S/C12H16N4OS/c1-9-2-5-16-11(8-9)14-12(15-16)13-10-3-6-18(17)7-4-10/h2,5,8,10H,3-4,6-7H2,1H3,(H,13,15). The molecule has 0 aromatic carbocycles. The van der Waals surface area contributed by atoms with Crippen LogP contribution in [0, 0.1) is 6.92 Å². The van der Waals surface area contributed by atoms with Crippen LogP contribution < -0.4 is 5.32 Å². The number of aromatic nitrogens is 3. The predicted octanol–water partition coefficient (Wildman–Crippen LogP) is 1.36. The molecule has 1 aliphatic heterocycles. The summed E-state index contributed by atoms with van der Waals surface area (Å²) in [6.07, 6.45) is 3.78. The third-order valence-electron chi connectivity index (χ3n) is 3.21. The van der Waals surface area contributed by atoms with Gasteiger partial charge in [-0.05, 0) is 37.5 Å². The van der Waals surface area contributed by atoms with Gasteiger partial charge < -0.3 is 5.32 Å². The van der Waals surface area contributed by atoms with E-state index in [1.165, 1.54) is 5.56 Å². The van der Waals surface area contributed by atoms with E-state index in [4.69, 9.17) is 0 Å². The zero-order chi connectivity index (χ0) is 12.5. The molecule has 0 spiro atoms. The lowest BCUT2D eigenvalue weighted by Gasteiger charge is -2.21. The molecule has 1 fully saturated rings. The number of anilines is 1. The molecular formula is C12H16N4OS. The van der Waals surface area contributed by atoms with Crippen LogP contribution >= 0.6 is 0 Å². The summed E-state index contributed by atoms with van der Waals surface area (Å²) in [6.45, 7) is 2.04. The van der Waals surface area contributed by atoms with Crippen LogP contribution in [0.2, 0.25) is 0 Å². The summed E-state index contributed by atoms with van der Waals surface area (Å²) in [5, 5.41) is 7.72. The molecule has 0 bridgehead atoms. The van der Waals surface area contributed by atoms with Crippen LogP contribution in [0.3, 0.4) is 0 Å². The Hall–Kier alpha value is -1.43. The maximum Gasteiger partial charge on any atom is 0.243 e. The van der Waals surface area contributed by atoms with Crippen LogP contribution in [-0.4, -0.2) is 36.4 Å². The molecule has 18 heavy (non-hydrogen) atoms. The van der Waals surface area contributed by atoms with Gasteiger partial charge in [0.1, 0.15) is 0 Å². The molecule has 5 nitrogen and oxygen atoms in total. The Kier molecular flexibility index (Phi) is 3.03. The Morgan fingerprint density at radius 3 is 3.00 bits per heavy atom. The molecule has 0 radical (unpaired) electrons. The van der Waals surface area contributed by atoms with Gasteiger partial charge in [0.05, 0.1) is 0 Å². The van der Waals surface area contributed by atoms with E-state index in [1.54, 1.807) is 4.52 Å². The van der Waals surface area contributed by atoms with Gasteiger partial charge in [0.2, 0.25) is 5.95 Å². The SMILES string of the molecule is Cc1ccn2nc(NC3CCS(=O)CC3)nc2c1. The molecule has 0 saturated carbocycles. The smallest absolute Gasteiger partial charge is 0.243 e. The van der Waals surface area contributed by atoms with Crippen LogP contribution in [0.25, 0.3) is 5.65 Å². The van der Waals surface area contributed by atoms with Crippen molar-refractivity contribution in [2.75, 3.05) is 16.8 Å². The van der Waals surface area contributed by atoms with Gasteiger partial charge in [0, 0.05) is 34.5 Å². The van der Waals surface area contributed by atoms with E-state index >= 15 is 0 Å². The van der Waals surface area contributed by atoms with Crippen LogP contribution in [0.15, 0.2) is 18.3 Å². The lowest BCUT2D eigenvalue weighted by atomic mass is 10.2. The van der Waals surface area contributed by atoms with Crippen molar-refractivity contribution in [2.24, 2.45) is 0 Å². The number of nitrogens with one attached hydrogen (secondary N) is 1.